The van der Waals surface area contributed by atoms with E-state index in [1.807, 2.05) is 0 Å². The summed E-state index contributed by atoms with van der Waals surface area (Å²) in [5, 5.41) is 0. The molecule has 0 saturated heterocycles. The number of ether oxygens (including phenoxy) is 1. The van der Waals surface area contributed by atoms with Crippen LogP contribution >= 0.6 is 0 Å². The molecular formula is C11H7F13O. The molecule has 0 aliphatic carbocycles. The molecule has 0 heterocycles. The third kappa shape index (κ3) is 3.75. The van der Waals surface area contributed by atoms with Crippen molar-refractivity contribution in [2.24, 2.45) is 0 Å². The molecule has 0 N–H and O–H groups in total. The first-order valence-corrected chi connectivity index (χ1v) is 5.78. The fraction of sp³-hybridized carbons (Fsp3) is 0.818. The van der Waals surface area contributed by atoms with E-state index >= 15 is 0 Å². The first-order valence-electron chi connectivity index (χ1n) is 5.78. The molecule has 0 saturated carbocycles. The Balaban J connectivity index is 5.83. The van der Waals surface area contributed by atoms with Gasteiger partial charge in [-0.2, -0.15) is 57.1 Å². The van der Waals surface area contributed by atoms with E-state index in [0.717, 1.165) is 0 Å². The van der Waals surface area contributed by atoms with Gasteiger partial charge in [-0.1, -0.05) is 5.92 Å². The molecule has 0 spiro atoms. The van der Waals surface area contributed by atoms with Crippen LogP contribution < -0.4 is 0 Å². The van der Waals surface area contributed by atoms with Gasteiger partial charge in [0.2, 0.25) is 0 Å². The van der Waals surface area contributed by atoms with E-state index < -0.39 is 55.4 Å². The maximum Gasteiger partial charge on any atom is 0.460 e. The van der Waals surface area contributed by atoms with Gasteiger partial charge in [0.15, 0.2) is 0 Å². The molecule has 0 fully saturated rings. The largest absolute Gasteiger partial charge is 0.460 e. The Morgan fingerprint density at radius 1 is 0.640 bits per heavy atom. The molecule has 148 valence electrons. The number of terminal acetylenes is 1. The summed E-state index contributed by atoms with van der Waals surface area (Å²) in [4.78, 5) is 0. The minimum Gasteiger partial charge on any atom is -0.369 e. The molecule has 0 aromatic carbocycles. The highest BCUT2D eigenvalue weighted by Gasteiger charge is 2.90. The molecule has 0 atom stereocenters. The first-order chi connectivity index (χ1) is 10.8. The molecule has 0 aromatic heterocycles. The lowest BCUT2D eigenvalue weighted by molar-refractivity contribution is -0.440. The molecule has 1 nitrogen and oxygen atoms in total. The second-order valence-electron chi connectivity index (χ2n) is 4.51. The van der Waals surface area contributed by atoms with Gasteiger partial charge in [0, 0.05) is 6.42 Å². The highest BCUT2D eigenvalue weighted by molar-refractivity contribution is 5.10. The molecule has 0 amide bonds. The summed E-state index contributed by atoms with van der Waals surface area (Å²) >= 11 is 0. The molecule has 0 bridgehead atoms. The predicted molar refractivity (Wildman–Crippen MR) is 55.1 cm³/mol. The van der Waals surface area contributed by atoms with Crippen molar-refractivity contribution in [3.63, 3.8) is 0 Å². The average Bonchev–Trinajstić information content (AvgIpc) is 2.41. The van der Waals surface area contributed by atoms with Gasteiger partial charge in [0.05, 0.1) is 6.61 Å². The summed E-state index contributed by atoms with van der Waals surface area (Å²) < 4.78 is 169. The monoisotopic (exact) mass is 402 g/mol. The van der Waals surface area contributed by atoms with E-state index in [1.165, 1.54) is 0 Å². The summed E-state index contributed by atoms with van der Waals surface area (Å²) in [5.41, 5.74) is 0. The lowest BCUT2D eigenvalue weighted by Crippen LogP contribution is -2.70. The summed E-state index contributed by atoms with van der Waals surface area (Å²) in [6.07, 6.45) is -5.27. The van der Waals surface area contributed by atoms with Crippen molar-refractivity contribution in [1.82, 2.24) is 0 Å². The van der Waals surface area contributed by atoms with Gasteiger partial charge in [-0.05, 0) is 0 Å². The van der Waals surface area contributed by atoms with Crippen molar-refractivity contribution in [2.45, 2.75) is 42.2 Å². The topological polar surface area (TPSA) is 9.23 Å². The third-order valence-corrected chi connectivity index (χ3v) is 2.74. The number of hydrogen-bond donors (Lipinski definition) is 0. The number of halogens is 13. The second-order valence-corrected chi connectivity index (χ2v) is 4.51. The van der Waals surface area contributed by atoms with Crippen molar-refractivity contribution in [3.05, 3.63) is 0 Å². The lowest BCUT2D eigenvalue weighted by atomic mass is 9.93. The Kier molecular flexibility index (Phi) is 6.36. The summed E-state index contributed by atoms with van der Waals surface area (Å²) in [7, 11) is 0. The van der Waals surface area contributed by atoms with Crippen molar-refractivity contribution in [1.29, 1.82) is 0 Å². The summed E-state index contributed by atoms with van der Waals surface area (Å²) in [5.74, 6) is -35.1. The molecule has 0 rings (SSSR count). The van der Waals surface area contributed by atoms with Crippen molar-refractivity contribution < 1.29 is 61.8 Å². The molecule has 25 heavy (non-hydrogen) atoms. The minimum atomic E-state index is -7.88. The van der Waals surface area contributed by atoms with Crippen LogP contribution in [0.5, 0.6) is 0 Å². The standard InChI is InChI=1S/C11H7F13O/c1-2-4-25-5-3-6(12,13)7(14,15)8(16,17)9(18,19)10(20,21)11(22,23)24/h1H,3-5H2. The Morgan fingerprint density at radius 3 is 1.40 bits per heavy atom. The van der Waals surface area contributed by atoms with E-state index in [1.54, 1.807) is 5.92 Å². The molecule has 0 unspecified atom stereocenters. The fourth-order valence-electron chi connectivity index (χ4n) is 1.29. The highest BCUT2D eigenvalue weighted by atomic mass is 19.4. The van der Waals surface area contributed by atoms with Gasteiger partial charge in [-0.25, -0.2) is 0 Å². The van der Waals surface area contributed by atoms with E-state index in [9.17, 15) is 57.1 Å². The van der Waals surface area contributed by atoms with E-state index in [-0.39, 0.29) is 0 Å². The molecule has 0 radical (unpaired) electrons. The van der Waals surface area contributed by atoms with Crippen LogP contribution in [0.3, 0.4) is 0 Å². The second kappa shape index (κ2) is 6.73. The van der Waals surface area contributed by atoms with Gasteiger partial charge in [-0.3, -0.25) is 0 Å². The molecule has 0 aromatic rings. The smallest absolute Gasteiger partial charge is 0.369 e. The predicted octanol–water partition coefficient (Wildman–Crippen LogP) is 4.77. The Bertz CT molecular complexity index is 499. The number of hydrogen-bond acceptors (Lipinski definition) is 1. The van der Waals surface area contributed by atoms with Crippen LogP contribution in [0, 0.1) is 12.3 Å². The maximum atomic E-state index is 13.1. The van der Waals surface area contributed by atoms with E-state index in [0.29, 0.717) is 0 Å². The zero-order valence-corrected chi connectivity index (χ0v) is 11.5. The molecule has 0 aliphatic rings. The first kappa shape index (κ1) is 23.6. The molecular weight excluding hydrogens is 395 g/mol. The van der Waals surface area contributed by atoms with Gasteiger partial charge in [-0.15, -0.1) is 6.42 Å². The SMILES string of the molecule is C#CCOCCC(F)(F)C(F)(F)C(F)(F)C(F)(F)C(F)(F)C(F)(F)F. The summed E-state index contributed by atoms with van der Waals surface area (Å²) in [6, 6.07) is 0. The Labute approximate surface area is 131 Å². The van der Waals surface area contributed by atoms with Crippen molar-refractivity contribution >= 4 is 0 Å². The van der Waals surface area contributed by atoms with Crippen LogP contribution in [-0.2, 0) is 4.74 Å². The van der Waals surface area contributed by atoms with Crippen LogP contribution in [0.15, 0.2) is 0 Å². The van der Waals surface area contributed by atoms with Crippen LogP contribution in [-0.4, -0.2) is 49.0 Å². The van der Waals surface area contributed by atoms with Crippen LogP contribution in [0.2, 0.25) is 0 Å². The average molecular weight is 402 g/mol. The Morgan fingerprint density at radius 2 is 1.04 bits per heavy atom. The highest BCUT2D eigenvalue weighted by Crippen LogP contribution is 2.60. The minimum absolute atomic E-state index is 0.777. The number of rotatable bonds is 8. The van der Waals surface area contributed by atoms with Crippen LogP contribution in [0.25, 0.3) is 0 Å². The lowest BCUT2D eigenvalue weighted by Gasteiger charge is -2.39. The van der Waals surface area contributed by atoms with Gasteiger partial charge < -0.3 is 4.74 Å². The van der Waals surface area contributed by atoms with Gasteiger partial charge in [0.25, 0.3) is 0 Å². The zero-order chi connectivity index (χ0) is 20.5. The Hall–Kier alpha value is -1.39. The van der Waals surface area contributed by atoms with E-state index in [4.69, 9.17) is 0 Å². The zero-order valence-electron chi connectivity index (χ0n) is 11.5. The van der Waals surface area contributed by atoms with Crippen LogP contribution in [0.4, 0.5) is 57.1 Å². The van der Waals surface area contributed by atoms with Crippen molar-refractivity contribution in [3.8, 4) is 12.3 Å². The fourth-order valence-corrected chi connectivity index (χ4v) is 1.29. The van der Waals surface area contributed by atoms with Crippen LogP contribution in [0.1, 0.15) is 6.42 Å². The summed E-state index contributed by atoms with van der Waals surface area (Å²) in [6.45, 7) is -2.27. The third-order valence-electron chi connectivity index (χ3n) is 2.74. The van der Waals surface area contributed by atoms with E-state index in [2.05, 4.69) is 11.2 Å². The molecule has 14 heteroatoms. The van der Waals surface area contributed by atoms with Crippen molar-refractivity contribution in [2.75, 3.05) is 13.2 Å². The quantitative estimate of drug-likeness (QED) is 0.323. The number of alkyl halides is 13. The normalized spacial score (nSPS) is 15.2. The van der Waals surface area contributed by atoms with Gasteiger partial charge in [0.1, 0.15) is 6.61 Å². The molecule has 0 aliphatic heterocycles. The maximum absolute atomic E-state index is 13.1. The van der Waals surface area contributed by atoms with Gasteiger partial charge >= 0.3 is 35.8 Å².